The van der Waals surface area contributed by atoms with Crippen molar-refractivity contribution in [1.29, 1.82) is 0 Å². The van der Waals surface area contributed by atoms with Gasteiger partial charge in [0.1, 0.15) is 23.9 Å². The van der Waals surface area contributed by atoms with Gasteiger partial charge in [-0.05, 0) is 50.3 Å². The first-order valence-corrected chi connectivity index (χ1v) is 10.6. The van der Waals surface area contributed by atoms with Crippen molar-refractivity contribution in [2.45, 2.75) is 20.5 Å². The lowest BCUT2D eigenvalue weighted by Gasteiger charge is -2.12. The monoisotopic (exact) mass is 454 g/mol. The first-order chi connectivity index (χ1) is 15.0. The van der Waals surface area contributed by atoms with Crippen LogP contribution in [0.4, 0.5) is 0 Å². The Morgan fingerprint density at radius 1 is 1.00 bits per heavy atom. The fraction of sp³-hybridized carbons (Fsp3) is 0.160. The third-order valence-electron chi connectivity index (χ3n) is 4.94. The number of benzene rings is 3. The molecule has 0 radical (unpaired) electrons. The zero-order chi connectivity index (χ0) is 22.0. The largest absolute Gasteiger partial charge is 0.493 e. The summed E-state index contributed by atoms with van der Waals surface area (Å²) in [5, 5.41) is 1.11. The van der Waals surface area contributed by atoms with Gasteiger partial charge in [0.05, 0.1) is 12.2 Å². The number of carbonyl (C=O) groups is 1. The number of ketones is 1. The van der Waals surface area contributed by atoms with Crippen LogP contribution in [0, 0.1) is 6.92 Å². The summed E-state index contributed by atoms with van der Waals surface area (Å²) in [6.07, 6.45) is 1.71. The van der Waals surface area contributed by atoms with E-state index in [0.29, 0.717) is 39.5 Å². The number of hydrogen-bond donors (Lipinski definition) is 0. The van der Waals surface area contributed by atoms with Crippen LogP contribution in [-0.2, 0) is 6.61 Å². The molecule has 1 aliphatic rings. The molecule has 158 valence electrons. The summed E-state index contributed by atoms with van der Waals surface area (Å²) in [5.74, 6) is 1.91. The molecular weight excluding hydrogens is 435 g/mol. The Hall–Kier alpha value is -2.95. The van der Waals surface area contributed by atoms with Crippen molar-refractivity contribution in [3.8, 4) is 17.2 Å². The number of ether oxygens (including phenoxy) is 3. The third kappa shape index (κ3) is 4.41. The van der Waals surface area contributed by atoms with E-state index in [1.54, 1.807) is 30.3 Å². The highest BCUT2D eigenvalue weighted by molar-refractivity contribution is 6.35. The highest BCUT2D eigenvalue weighted by Crippen LogP contribution is 2.40. The standard InChI is InChI=1S/C25H20Cl2O4/c1-3-29-22-7-5-4-6-16(22)12-23-24(28)19-10-11-21(15(2)25(19)31-23)30-14-17-8-9-18(26)13-20(17)27/h4-13H,3,14H2,1-2H3/b23-12-. The van der Waals surface area contributed by atoms with E-state index < -0.39 is 0 Å². The molecule has 0 N–H and O–H groups in total. The molecule has 0 unspecified atom stereocenters. The number of allylic oxidation sites excluding steroid dienone is 1. The number of halogens is 2. The van der Waals surface area contributed by atoms with Crippen molar-refractivity contribution < 1.29 is 19.0 Å². The lowest BCUT2D eigenvalue weighted by atomic mass is 10.1. The Kier molecular flexibility index (Phi) is 6.21. The molecule has 0 amide bonds. The Balaban J connectivity index is 1.58. The minimum Gasteiger partial charge on any atom is -0.493 e. The molecule has 0 aromatic heterocycles. The molecule has 3 aromatic rings. The van der Waals surface area contributed by atoms with Gasteiger partial charge in [-0.3, -0.25) is 4.79 Å². The predicted molar refractivity (Wildman–Crippen MR) is 123 cm³/mol. The second-order valence-corrected chi connectivity index (χ2v) is 7.84. The van der Waals surface area contributed by atoms with Gasteiger partial charge in [-0.2, -0.15) is 0 Å². The molecule has 4 nitrogen and oxygen atoms in total. The number of para-hydroxylation sites is 1. The Morgan fingerprint density at radius 2 is 1.81 bits per heavy atom. The van der Waals surface area contributed by atoms with Gasteiger partial charge >= 0.3 is 0 Å². The van der Waals surface area contributed by atoms with Crippen molar-refractivity contribution in [3.05, 3.63) is 92.7 Å². The molecule has 0 saturated carbocycles. The van der Waals surface area contributed by atoms with Gasteiger partial charge in [0, 0.05) is 26.7 Å². The molecule has 4 rings (SSSR count). The van der Waals surface area contributed by atoms with Crippen LogP contribution in [0.25, 0.3) is 6.08 Å². The Morgan fingerprint density at radius 3 is 2.58 bits per heavy atom. The Bertz CT molecular complexity index is 1180. The van der Waals surface area contributed by atoms with Crippen LogP contribution < -0.4 is 14.2 Å². The smallest absolute Gasteiger partial charge is 0.231 e. The molecule has 0 bridgehead atoms. The third-order valence-corrected chi connectivity index (χ3v) is 5.53. The SMILES string of the molecule is CCOc1ccccc1/C=C1\Oc2c(ccc(OCc3ccc(Cl)cc3Cl)c2C)C1=O. The summed E-state index contributed by atoms with van der Waals surface area (Å²) in [6.45, 7) is 4.59. The van der Waals surface area contributed by atoms with E-state index in [2.05, 4.69) is 0 Å². The normalized spacial score (nSPS) is 13.8. The number of fused-ring (bicyclic) bond motifs is 1. The minimum absolute atomic E-state index is 0.170. The number of carbonyl (C=O) groups excluding carboxylic acids is 1. The van der Waals surface area contributed by atoms with Gasteiger partial charge in [0.2, 0.25) is 5.78 Å². The van der Waals surface area contributed by atoms with Crippen LogP contribution >= 0.6 is 23.2 Å². The summed E-state index contributed by atoms with van der Waals surface area (Å²) in [5.41, 5.74) is 2.86. The summed E-state index contributed by atoms with van der Waals surface area (Å²) in [4.78, 5) is 12.9. The molecule has 1 heterocycles. The average molecular weight is 455 g/mol. The zero-order valence-electron chi connectivity index (χ0n) is 17.1. The van der Waals surface area contributed by atoms with Crippen LogP contribution in [-0.4, -0.2) is 12.4 Å². The maximum absolute atomic E-state index is 12.9. The molecule has 0 fully saturated rings. The molecule has 0 saturated heterocycles. The van der Waals surface area contributed by atoms with Gasteiger partial charge in [0.15, 0.2) is 5.76 Å². The van der Waals surface area contributed by atoms with Crippen LogP contribution in [0.5, 0.6) is 17.2 Å². The Labute approximate surface area is 191 Å². The number of Topliss-reactive ketones (excluding diaryl/α,β-unsaturated/α-hetero) is 1. The van der Waals surface area contributed by atoms with Gasteiger partial charge in [-0.1, -0.05) is 47.5 Å². The molecule has 0 spiro atoms. The van der Waals surface area contributed by atoms with Crippen LogP contribution in [0.2, 0.25) is 10.0 Å². The van der Waals surface area contributed by atoms with E-state index >= 15 is 0 Å². The van der Waals surface area contributed by atoms with E-state index in [1.807, 2.05) is 44.2 Å². The summed E-state index contributed by atoms with van der Waals surface area (Å²) >= 11 is 12.2. The van der Waals surface area contributed by atoms with Crippen molar-refractivity contribution in [2.75, 3.05) is 6.61 Å². The van der Waals surface area contributed by atoms with Gasteiger partial charge in [-0.25, -0.2) is 0 Å². The van der Waals surface area contributed by atoms with E-state index in [1.165, 1.54) is 0 Å². The summed E-state index contributed by atoms with van der Waals surface area (Å²) in [7, 11) is 0. The first kappa shape index (κ1) is 21.3. The highest BCUT2D eigenvalue weighted by Gasteiger charge is 2.30. The van der Waals surface area contributed by atoms with Crippen LogP contribution in [0.3, 0.4) is 0 Å². The van der Waals surface area contributed by atoms with Crippen molar-refractivity contribution in [1.82, 2.24) is 0 Å². The van der Waals surface area contributed by atoms with E-state index in [9.17, 15) is 4.79 Å². The van der Waals surface area contributed by atoms with E-state index in [0.717, 1.165) is 16.7 Å². The van der Waals surface area contributed by atoms with Crippen LogP contribution in [0.1, 0.15) is 34.0 Å². The lowest BCUT2D eigenvalue weighted by Crippen LogP contribution is -1.99. The van der Waals surface area contributed by atoms with Crippen molar-refractivity contribution in [2.24, 2.45) is 0 Å². The lowest BCUT2D eigenvalue weighted by molar-refractivity contribution is 0.101. The zero-order valence-corrected chi connectivity index (χ0v) is 18.6. The maximum atomic E-state index is 12.9. The topological polar surface area (TPSA) is 44.8 Å². The molecule has 0 aliphatic carbocycles. The van der Waals surface area contributed by atoms with Gasteiger partial charge in [-0.15, -0.1) is 0 Å². The number of rotatable bonds is 6. The van der Waals surface area contributed by atoms with E-state index in [-0.39, 0.29) is 18.1 Å². The molecule has 0 atom stereocenters. The van der Waals surface area contributed by atoms with Crippen molar-refractivity contribution in [3.63, 3.8) is 0 Å². The maximum Gasteiger partial charge on any atom is 0.231 e. The van der Waals surface area contributed by atoms with Gasteiger partial charge < -0.3 is 14.2 Å². The molecular formula is C25H20Cl2O4. The van der Waals surface area contributed by atoms with Crippen molar-refractivity contribution >= 4 is 35.1 Å². The summed E-state index contributed by atoms with van der Waals surface area (Å²) < 4.78 is 17.5. The van der Waals surface area contributed by atoms with Crippen LogP contribution in [0.15, 0.2) is 60.4 Å². The fourth-order valence-corrected chi connectivity index (χ4v) is 3.81. The predicted octanol–water partition coefficient (Wildman–Crippen LogP) is 6.90. The molecule has 6 heteroatoms. The first-order valence-electron chi connectivity index (χ1n) is 9.84. The van der Waals surface area contributed by atoms with E-state index in [4.69, 9.17) is 37.4 Å². The average Bonchev–Trinajstić information content (AvgIpc) is 3.07. The minimum atomic E-state index is -0.170. The second-order valence-electron chi connectivity index (χ2n) is 7.00. The van der Waals surface area contributed by atoms with Gasteiger partial charge in [0.25, 0.3) is 0 Å². The summed E-state index contributed by atoms with van der Waals surface area (Å²) in [6, 6.07) is 16.3. The quantitative estimate of drug-likeness (QED) is 0.380. The number of hydrogen-bond acceptors (Lipinski definition) is 4. The second kappa shape index (κ2) is 9.04. The molecule has 3 aromatic carbocycles. The molecule has 31 heavy (non-hydrogen) atoms. The highest BCUT2D eigenvalue weighted by atomic mass is 35.5. The fourth-order valence-electron chi connectivity index (χ4n) is 3.35. The molecule has 1 aliphatic heterocycles.